The first-order valence-corrected chi connectivity index (χ1v) is 9.16. The zero-order chi connectivity index (χ0) is 22.0. The van der Waals surface area contributed by atoms with Gasteiger partial charge in [-0.1, -0.05) is 12.1 Å². The highest BCUT2D eigenvalue weighted by molar-refractivity contribution is 7.80. The number of carbonyl (C=O) groups is 4. The predicted octanol–water partition coefficient (Wildman–Crippen LogP) is -2.65. The van der Waals surface area contributed by atoms with Gasteiger partial charge in [0.25, 0.3) is 0 Å². The van der Waals surface area contributed by atoms with Crippen LogP contribution in [0.25, 0.3) is 0 Å². The lowest BCUT2D eigenvalue weighted by atomic mass is 10.1. The average Bonchev–Trinajstić information content (AvgIpc) is 2.69. The van der Waals surface area contributed by atoms with Gasteiger partial charge in [0.05, 0.1) is 19.2 Å². The van der Waals surface area contributed by atoms with Gasteiger partial charge in [0.1, 0.15) is 17.8 Å². The molecule has 0 bridgehead atoms. The summed E-state index contributed by atoms with van der Waals surface area (Å²) in [6.07, 6.45) is 0.134. The number of hydrogen-bond acceptors (Lipinski definition) is 8. The SMILES string of the molecule is NC(Cc1ccc(O)cc1)C(=O)NC(CO)C(=O)NCC(=O)NC(CS)C(=O)O. The number of amides is 3. The Balaban J connectivity index is 2.52. The maximum atomic E-state index is 12.2. The fourth-order valence-electron chi connectivity index (χ4n) is 2.17. The van der Waals surface area contributed by atoms with Gasteiger partial charge in [0, 0.05) is 5.75 Å². The summed E-state index contributed by atoms with van der Waals surface area (Å²) in [7, 11) is 0. The molecule has 11 nitrogen and oxygen atoms in total. The summed E-state index contributed by atoms with van der Waals surface area (Å²) >= 11 is 3.80. The number of thiol groups is 1. The van der Waals surface area contributed by atoms with Gasteiger partial charge in [-0.15, -0.1) is 0 Å². The molecule has 0 heterocycles. The molecule has 0 aromatic heterocycles. The third-order valence-electron chi connectivity index (χ3n) is 3.78. The van der Waals surface area contributed by atoms with Crippen LogP contribution in [0.1, 0.15) is 5.56 Å². The molecule has 12 heteroatoms. The minimum atomic E-state index is -1.35. The van der Waals surface area contributed by atoms with Gasteiger partial charge < -0.3 is 37.0 Å². The van der Waals surface area contributed by atoms with Crippen molar-refractivity contribution in [2.75, 3.05) is 18.9 Å². The highest BCUT2D eigenvalue weighted by Crippen LogP contribution is 2.10. The monoisotopic (exact) mass is 428 g/mol. The minimum absolute atomic E-state index is 0.0665. The smallest absolute Gasteiger partial charge is 0.327 e. The summed E-state index contributed by atoms with van der Waals surface area (Å²) in [4.78, 5) is 46.7. The summed E-state index contributed by atoms with van der Waals surface area (Å²) in [5.41, 5.74) is 6.48. The molecule has 3 amide bonds. The van der Waals surface area contributed by atoms with Gasteiger partial charge in [0.2, 0.25) is 17.7 Å². The lowest BCUT2D eigenvalue weighted by Gasteiger charge is -2.19. The molecule has 3 unspecified atom stereocenters. The Kier molecular flexibility index (Phi) is 9.92. The molecule has 0 radical (unpaired) electrons. The first-order valence-electron chi connectivity index (χ1n) is 8.53. The summed E-state index contributed by atoms with van der Waals surface area (Å²) in [5.74, 6) is -3.65. The molecule has 0 aliphatic carbocycles. The molecule has 0 saturated carbocycles. The number of carbonyl (C=O) groups excluding carboxylic acids is 3. The number of nitrogens with two attached hydrogens (primary N) is 1. The van der Waals surface area contributed by atoms with E-state index in [0.29, 0.717) is 5.56 Å². The second-order valence-corrected chi connectivity index (χ2v) is 6.44. The number of aromatic hydroxyl groups is 1. The molecule has 1 aromatic carbocycles. The summed E-state index contributed by atoms with van der Waals surface area (Å²) in [6, 6.07) is 2.49. The van der Waals surface area contributed by atoms with Gasteiger partial charge in [-0.2, -0.15) is 12.6 Å². The quantitative estimate of drug-likeness (QED) is 0.175. The number of carboxylic acid groups (broad SMARTS) is 1. The predicted molar refractivity (Wildman–Crippen MR) is 105 cm³/mol. The molecule has 0 spiro atoms. The Bertz CT molecular complexity index is 729. The van der Waals surface area contributed by atoms with E-state index < -0.39 is 55.0 Å². The van der Waals surface area contributed by atoms with Crippen LogP contribution < -0.4 is 21.7 Å². The molecule has 29 heavy (non-hydrogen) atoms. The van der Waals surface area contributed by atoms with Crippen molar-refractivity contribution in [3.63, 3.8) is 0 Å². The van der Waals surface area contributed by atoms with Crippen molar-refractivity contribution in [1.29, 1.82) is 0 Å². The Morgan fingerprint density at radius 2 is 1.66 bits per heavy atom. The maximum Gasteiger partial charge on any atom is 0.327 e. The Labute approximate surface area is 172 Å². The van der Waals surface area contributed by atoms with E-state index in [1.54, 1.807) is 12.1 Å². The van der Waals surface area contributed by atoms with E-state index in [-0.39, 0.29) is 17.9 Å². The number of aliphatic carboxylic acids is 1. The van der Waals surface area contributed by atoms with Crippen molar-refractivity contribution in [3.05, 3.63) is 29.8 Å². The van der Waals surface area contributed by atoms with Crippen molar-refractivity contribution in [3.8, 4) is 5.75 Å². The van der Waals surface area contributed by atoms with E-state index in [4.69, 9.17) is 10.8 Å². The van der Waals surface area contributed by atoms with E-state index in [1.807, 2.05) is 0 Å². The van der Waals surface area contributed by atoms with E-state index in [0.717, 1.165) is 0 Å². The number of aliphatic hydroxyl groups excluding tert-OH is 1. The number of hydrogen-bond donors (Lipinski definition) is 8. The molecule has 1 rings (SSSR count). The molecule has 0 aliphatic heterocycles. The van der Waals surface area contributed by atoms with Crippen molar-refractivity contribution in [1.82, 2.24) is 16.0 Å². The van der Waals surface area contributed by atoms with E-state index in [9.17, 15) is 29.4 Å². The van der Waals surface area contributed by atoms with E-state index in [2.05, 4.69) is 28.6 Å². The number of phenolic OH excluding ortho intramolecular Hbond substituents is 1. The second-order valence-electron chi connectivity index (χ2n) is 6.08. The van der Waals surface area contributed by atoms with Crippen LogP contribution >= 0.6 is 12.6 Å². The van der Waals surface area contributed by atoms with E-state index >= 15 is 0 Å². The highest BCUT2D eigenvalue weighted by atomic mass is 32.1. The summed E-state index contributed by atoms with van der Waals surface area (Å²) in [6.45, 7) is -1.29. The Morgan fingerprint density at radius 3 is 2.17 bits per heavy atom. The second kappa shape index (κ2) is 11.9. The Morgan fingerprint density at radius 1 is 1.03 bits per heavy atom. The van der Waals surface area contributed by atoms with Crippen LogP contribution in [-0.4, -0.2) is 76.0 Å². The summed E-state index contributed by atoms with van der Waals surface area (Å²) < 4.78 is 0. The summed E-state index contributed by atoms with van der Waals surface area (Å²) in [5, 5.41) is 34.0. The van der Waals surface area contributed by atoms with E-state index in [1.165, 1.54) is 12.1 Å². The van der Waals surface area contributed by atoms with Gasteiger partial charge >= 0.3 is 5.97 Å². The number of carboxylic acids is 1. The molecule has 3 atom stereocenters. The number of nitrogens with one attached hydrogen (secondary N) is 3. The van der Waals surface area contributed by atoms with Gasteiger partial charge in [0.15, 0.2) is 0 Å². The van der Waals surface area contributed by atoms with Crippen LogP contribution in [-0.2, 0) is 25.6 Å². The van der Waals surface area contributed by atoms with Crippen molar-refractivity contribution in [2.24, 2.45) is 5.73 Å². The van der Waals surface area contributed by atoms with Crippen LogP contribution in [0.5, 0.6) is 5.75 Å². The Hall–Kier alpha value is -2.83. The zero-order valence-electron chi connectivity index (χ0n) is 15.4. The standard InChI is InChI=1S/C17H24N4O7S/c18-11(5-9-1-3-10(23)4-2-9)15(25)21-12(7-22)16(26)19-6-14(24)20-13(8-29)17(27)28/h1-4,11-13,22-23,29H,5-8,18H2,(H,19,26)(H,20,24)(H,21,25)(H,27,28). The lowest BCUT2D eigenvalue weighted by molar-refractivity contribution is -0.141. The number of aliphatic hydroxyl groups is 1. The van der Waals surface area contributed by atoms with Crippen LogP contribution in [0.3, 0.4) is 0 Å². The fourth-order valence-corrected chi connectivity index (χ4v) is 2.42. The van der Waals surface area contributed by atoms with Crippen molar-refractivity contribution in [2.45, 2.75) is 24.5 Å². The van der Waals surface area contributed by atoms with Crippen LogP contribution in [0.2, 0.25) is 0 Å². The first kappa shape index (κ1) is 24.2. The molecule has 0 saturated heterocycles. The maximum absolute atomic E-state index is 12.2. The van der Waals surface area contributed by atoms with Crippen molar-refractivity contribution >= 4 is 36.3 Å². The lowest BCUT2D eigenvalue weighted by Crippen LogP contribution is -2.55. The molecule has 0 aliphatic rings. The van der Waals surface area contributed by atoms with Crippen molar-refractivity contribution < 1.29 is 34.5 Å². The molecule has 0 fully saturated rings. The molecular formula is C17H24N4O7S. The molecular weight excluding hydrogens is 404 g/mol. The first-order chi connectivity index (χ1) is 13.7. The fraction of sp³-hybridized carbons (Fsp3) is 0.412. The van der Waals surface area contributed by atoms with Crippen LogP contribution in [0.15, 0.2) is 24.3 Å². The molecule has 1 aromatic rings. The third-order valence-corrected chi connectivity index (χ3v) is 4.15. The third kappa shape index (κ3) is 8.37. The van der Waals surface area contributed by atoms with Gasteiger partial charge in [-0.05, 0) is 24.1 Å². The topological polar surface area (TPSA) is 191 Å². The van der Waals surface area contributed by atoms with Crippen LogP contribution in [0, 0.1) is 0 Å². The zero-order valence-corrected chi connectivity index (χ0v) is 16.3. The highest BCUT2D eigenvalue weighted by Gasteiger charge is 2.24. The molecule has 8 N–H and O–H groups in total. The average molecular weight is 428 g/mol. The molecule has 160 valence electrons. The van der Waals surface area contributed by atoms with Gasteiger partial charge in [-0.3, -0.25) is 14.4 Å². The number of phenols is 1. The van der Waals surface area contributed by atoms with Crippen LogP contribution in [0.4, 0.5) is 0 Å². The minimum Gasteiger partial charge on any atom is -0.508 e. The van der Waals surface area contributed by atoms with Gasteiger partial charge in [-0.25, -0.2) is 4.79 Å². The number of benzene rings is 1. The largest absolute Gasteiger partial charge is 0.508 e. The normalized spacial score (nSPS) is 13.6. The number of rotatable bonds is 11.